The van der Waals surface area contributed by atoms with Crippen molar-refractivity contribution < 1.29 is 19.1 Å². The van der Waals surface area contributed by atoms with Crippen molar-refractivity contribution in [3.63, 3.8) is 0 Å². The predicted octanol–water partition coefficient (Wildman–Crippen LogP) is 2.04. The van der Waals surface area contributed by atoms with Gasteiger partial charge in [0.2, 0.25) is 0 Å². The Balaban J connectivity index is 1.37. The van der Waals surface area contributed by atoms with Crippen molar-refractivity contribution in [2.24, 2.45) is 0 Å². The lowest BCUT2D eigenvalue weighted by Gasteiger charge is -2.14. The molecule has 2 saturated heterocycles. The van der Waals surface area contributed by atoms with Gasteiger partial charge in [0, 0.05) is 13.0 Å². The number of hydrogen-bond acceptors (Lipinski definition) is 5. The minimum atomic E-state index is -0.811. The zero-order valence-corrected chi connectivity index (χ0v) is 14.9. The highest BCUT2D eigenvalue weighted by atomic mass is 16.7. The third-order valence-corrected chi connectivity index (χ3v) is 4.58. The molecule has 2 aliphatic rings. The molecule has 0 aromatic heterocycles. The van der Waals surface area contributed by atoms with Gasteiger partial charge < -0.3 is 14.4 Å². The van der Waals surface area contributed by atoms with Crippen molar-refractivity contribution in [3.05, 3.63) is 35.9 Å². The van der Waals surface area contributed by atoms with E-state index in [1.54, 1.807) is 4.90 Å². The Morgan fingerprint density at radius 1 is 1.08 bits per heavy atom. The molecule has 0 radical (unpaired) electrons. The fourth-order valence-electron chi connectivity index (χ4n) is 3.10. The number of likely N-dealkylation sites (tertiary alicyclic amines) is 2. The van der Waals surface area contributed by atoms with Gasteiger partial charge in [0.25, 0.3) is 5.91 Å². The molecule has 26 heavy (non-hydrogen) atoms. The van der Waals surface area contributed by atoms with Crippen LogP contribution in [0.3, 0.4) is 0 Å². The smallest absolute Gasteiger partial charge is 0.429 e. The topological polar surface area (TPSA) is 59.1 Å². The van der Waals surface area contributed by atoms with Crippen LogP contribution in [0.25, 0.3) is 0 Å². The summed E-state index contributed by atoms with van der Waals surface area (Å²) in [4.78, 5) is 28.0. The molecular formula is C20H24N2O4. The van der Waals surface area contributed by atoms with Crippen LogP contribution in [-0.2, 0) is 20.9 Å². The van der Waals surface area contributed by atoms with Crippen molar-refractivity contribution >= 4 is 12.1 Å². The molecule has 2 aliphatic heterocycles. The number of hydrogen-bond donors (Lipinski definition) is 0. The van der Waals surface area contributed by atoms with Gasteiger partial charge in [0.15, 0.2) is 6.10 Å². The fraction of sp³-hybridized carbons (Fsp3) is 0.500. The van der Waals surface area contributed by atoms with Gasteiger partial charge in [-0.05, 0) is 31.5 Å². The lowest BCUT2D eigenvalue weighted by atomic mass is 10.2. The highest BCUT2D eigenvalue weighted by Gasteiger charge is 2.34. The molecule has 0 unspecified atom stereocenters. The average molecular weight is 356 g/mol. The minimum absolute atomic E-state index is 0.131. The first-order valence-corrected chi connectivity index (χ1v) is 9.06. The Bertz CT molecular complexity index is 674. The largest absolute Gasteiger partial charge is 0.509 e. The maximum Gasteiger partial charge on any atom is 0.509 e. The van der Waals surface area contributed by atoms with Crippen LogP contribution in [0.2, 0.25) is 0 Å². The molecule has 3 rings (SSSR count). The SMILES string of the molecule is O=C(OCc1ccccc1)O[C@@H]1CCN(CC#CCN2CCCC2)C1=O. The first kappa shape index (κ1) is 18.3. The highest BCUT2D eigenvalue weighted by Crippen LogP contribution is 2.15. The first-order valence-electron chi connectivity index (χ1n) is 9.06. The van der Waals surface area contributed by atoms with Gasteiger partial charge in [-0.25, -0.2) is 4.79 Å². The molecule has 0 aliphatic carbocycles. The number of ether oxygens (including phenoxy) is 2. The molecule has 0 bridgehead atoms. The Morgan fingerprint density at radius 3 is 2.58 bits per heavy atom. The summed E-state index contributed by atoms with van der Waals surface area (Å²) in [6.07, 6.45) is 1.39. The van der Waals surface area contributed by atoms with Gasteiger partial charge in [0.1, 0.15) is 6.61 Å². The molecule has 1 aromatic rings. The van der Waals surface area contributed by atoms with Gasteiger partial charge in [0.05, 0.1) is 13.1 Å². The van der Waals surface area contributed by atoms with E-state index in [1.165, 1.54) is 12.8 Å². The molecule has 0 N–H and O–H groups in total. The fourth-order valence-corrected chi connectivity index (χ4v) is 3.10. The lowest BCUT2D eigenvalue weighted by molar-refractivity contribution is -0.135. The lowest BCUT2D eigenvalue weighted by Crippen LogP contribution is -2.32. The second-order valence-corrected chi connectivity index (χ2v) is 6.52. The minimum Gasteiger partial charge on any atom is -0.429 e. The van der Waals surface area contributed by atoms with Crippen LogP contribution in [0.1, 0.15) is 24.8 Å². The van der Waals surface area contributed by atoms with Crippen LogP contribution in [-0.4, -0.2) is 60.7 Å². The van der Waals surface area contributed by atoms with Gasteiger partial charge >= 0.3 is 6.16 Å². The third kappa shape index (κ3) is 5.24. The van der Waals surface area contributed by atoms with Crippen molar-refractivity contribution in [2.75, 3.05) is 32.7 Å². The van der Waals surface area contributed by atoms with E-state index in [0.717, 1.165) is 25.2 Å². The molecule has 1 aromatic carbocycles. The summed E-state index contributed by atoms with van der Waals surface area (Å²) in [5, 5.41) is 0. The van der Waals surface area contributed by atoms with E-state index in [4.69, 9.17) is 9.47 Å². The number of rotatable bonds is 5. The van der Waals surface area contributed by atoms with Crippen molar-refractivity contribution in [1.82, 2.24) is 9.80 Å². The summed E-state index contributed by atoms with van der Waals surface area (Å²) >= 11 is 0. The zero-order chi connectivity index (χ0) is 18.2. The normalized spacial score (nSPS) is 19.9. The molecule has 2 fully saturated rings. The second-order valence-electron chi connectivity index (χ2n) is 6.52. The summed E-state index contributed by atoms with van der Waals surface area (Å²) in [5.74, 6) is 5.97. The maximum atomic E-state index is 12.3. The van der Waals surface area contributed by atoms with Gasteiger partial charge in [-0.1, -0.05) is 42.2 Å². The van der Waals surface area contributed by atoms with Crippen molar-refractivity contribution in [3.8, 4) is 11.8 Å². The summed E-state index contributed by atoms with van der Waals surface area (Å²) in [6, 6.07) is 9.34. The van der Waals surface area contributed by atoms with Gasteiger partial charge in [-0.3, -0.25) is 9.69 Å². The molecule has 138 valence electrons. The summed E-state index contributed by atoms with van der Waals surface area (Å²) in [5.41, 5.74) is 0.872. The monoisotopic (exact) mass is 356 g/mol. The van der Waals surface area contributed by atoms with Gasteiger partial charge in [-0.2, -0.15) is 0 Å². The van der Waals surface area contributed by atoms with Crippen LogP contribution in [0, 0.1) is 11.8 Å². The summed E-state index contributed by atoms with van der Waals surface area (Å²) in [7, 11) is 0. The number of nitrogens with zero attached hydrogens (tertiary/aromatic N) is 2. The number of amides is 1. The average Bonchev–Trinajstić information content (AvgIpc) is 3.29. The van der Waals surface area contributed by atoms with Crippen molar-refractivity contribution in [1.29, 1.82) is 0 Å². The highest BCUT2D eigenvalue weighted by molar-refractivity contribution is 5.85. The van der Waals surface area contributed by atoms with E-state index in [1.807, 2.05) is 30.3 Å². The number of carbonyl (C=O) groups excluding carboxylic acids is 2. The van der Waals surface area contributed by atoms with Gasteiger partial charge in [-0.15, -0.1) is 0 Å². The third-order valence-electron chi connectivity index (χ3n) is 4.58. The Kier molecular flexibility index (Phi) is 6.50. The Morgan fingerprint density at radius 2 is 1.81 bits per heavy atom. The molecule has 1 amide bonds. The van der Waals surface area contributed by atoms with E-state index >= 15 is 0 Å². The van der Waals surface area contributed by atoms with E-state index < -0.39 is 12.3 Å². The zero-order valence-electron chi connectivity index (χ0n) is 14.9. The second kappa shape index (κ2) is 9.25. The molecule has 1 atom stereocenters. The molecule has 0 saturated carbocycles. The summed E-state index contributed by atoms with van der Waals surface area (Å²) in [6.45, 7) is 4.04. The van der Waals surface area contributed by atoms with Crippen molar-refractivity contribution in [2.45, 2.75) is 32.0 Å². The van der Waals surface area contributed by atoms with Crippen LogP contribution in [0.15, 0.2) is 30.3 Å². The standard InChI is InChI=1S/C20H24N2O4/c23-19-18(26-20(24)25-16-17-8-2-1-3-9-17)10-15-22(19)14-7-6-13-21-11-4-5-12-21/h1-3,8-9,18H,4-5,10-16H2/t18-/m1/s1. The maximum absolute atomic E-state index is 12.3. The molecule has 6 nitrogen and oxygen atoms in total. The van der Waals surface area contributed by atoms with Crippen LogP contribution in [0.4, 0.5) is 4.79 Å². The quantitative estimate of drug-likeness (QED) is 0.597. The number of carbonyl (C=O) groups is 2. The van der Waals surface area contributed by atoms with Crippen LogP contribution >= 0.6 is 0 Å². The molecular weight excluding hydrogens is 332 g/mol. The Labute approximate surface area is 154 Å². The van der Waals surface area contributed by atoms with E-state index in [2.05, 4.69) is 16.7 Å². The van der Waals surface area contributed by atoms with E-state index in [0.29, 0.717) is 19.5 Å². The Hall–Kier alpha value is -2.52. The van der Waals surface area contributed by atoms with Crippen LogP contribution in [0.5, 0.6) is 0 Å². The van der Waals surface area contributed by atoms with Crippen LogP contribution < -0.4 is 0 Å². The number of benzene rings is 1. The molecule has 2 heterocycles. The predicted molar refractivity (Wildman–Crippen MR) is 96.1 cm³/mol. The van der Waals surface area contributed by atoms with E-state index in [-0.39, 0.29) is 12.5 Å². The first-order chi connectivity index (χ1) is 12.7. The van der Waals surface area contributed by atoms with E-state index in [9.17, 15) is 9.59 Å². The molecule has 6 heteroatoms. The summed E-state index contributed by atoms with van der Waals surface area (Å²) < 4.78 is 10.2. The molecule has 0 spiro atoms.